The molecule has 0 aliphatic carbocycles. The molecule has 0 atom stereocenters. The number of halogens is 1. The molecule has 0 bridgehead atoms. The Morgan fingerprint density at radius 2 is 1.86 bits per heavy atom. The summed E-state index contributed by atoms with van der Waals surface area (Å²) < 4.78 is 10.4. The lowest BCUT2D eigenvalue weighted by Gasteiger charge is -2.28. The number of nitrogens with zero attached hydrogens (tertiary/aromatic N) is 1. The Bertz CT molecular complexity index is 932. The Hall–Kier alpha value is -3.18. The quantitative estimate of drug-likeness (QED) is 0.672. The molecule has 6 heteroatoms. The van der Waals surface area contributed by atoms with Gasteiger partial charge in [0.15, 0.2) is 0 Å². The van der Waals surface area contributed by atoms with E-state index in [0.717, 1.165) is 22.6 Å². The third kappa shape index (κ3) is 5.65. The molecule has 0 aromatic heterocycles. The average molecular weight is 411 g/mol. The van der Waals surface area contributed by atoms with Crippen LogP contribution in [0.4, 0.5) is 0 Å². The van der Waals surface area contributed by atoms with Gasteiger partial charge in [-0.05, 0) is 60.5 Å². The van der Waals surface area contributed by atoms with Gasteiger partial charge < -0.3 is 9.47 Å². The van der Waals surface area contributed by atoms with Crippen molar-refractivity contribution in [1.29, 1.82) is 0 Å². The minimum Gasteiger partial charge on any atom is -0.497 e. The summed E-state index contributed by atoms with van der Waals surface area (Å²) in [7, 11) is 1.63. The number of esters is 1. The van der Waals surface area contributed by atoms with Crippen LogP contribution in [0, 0.1) is 0 Å². The molecule has 0 saturated heterocycles. The first-order valence-corrected chi connectivity index (χ1v) is 9.67. The maximum atomic E-state index is 12.3. The maximum Gasteiger partial charge on any atom is 0.339 e. The molecule has 0 spiro atoms. The van der Waals surface area contributed by atoms with E-state index in [1.807, 2.05) is 65.7 Å². The molecule has 1 aliphatic rings. The first-order chi connectivity index (χ1) is 14.1. The third-order valence-corrected chi connectivity index (χ3v) is 4.51. The molecule has 0 unspecified atom stereocenters. The van der Waals surface area contributed by atoms with E-state index in [1.54, 1.807) is 26.3 Å². The first-order valence-electron chi connectivity index (χ1n) is 9.29. The molecule has 150 valence electrons. The fraction of sp³-hybridized carbons (Fsp3) is 0.174. The van der Waals surface area contributed by atoms with Crippen molar-refractivity contribution in [1.82, 2.24) is 10.4 Å². The second-order valence-corrected chi connectivity index (χ2v) is 6.75. The van der Waals surface area contributed by atoms with E-state index in [2.05, 4.69) is 5.43 Å². The number of hydrogen-bond donors (Lipinski definition) is 1. The average Bonchev–Trinajstić information content (AvgIpc) is 2.75. The first kappa shape index (κ1) is 20.6. The molecule has 1 heterocycles. The molecule has 3 rings (SSSR count). The summed E-state index contributed by atoms with van der Waals surface area (Å²) in [5, 5.41) is 2.55. The topological polar surface area (TPSA) is 50.8 Å². The van der Waals surface area contributed by atoms with Crippen molar-refractivity contribution in [3.63, 3.8) is 0 Å². The molecule has 1 aliphatic heterocycles. The number of nitrogens with one attached hydrogen (secondary N) is 1. The zero-order valence-corrected chi connectivity index (χ0v) is 17.1. The second-order valence-electron chi connectivity index (χ2n) is 6.31. The number of benzene rings is 2. The van der Waals surface area contributed by atoms with Crippen LogP contribution in [0.5, 0.6) is 5.75 Å². The van der Waals surface area contributed by atoms with Crippen LogP contribution in [0.1, 0.15) is 18.1 Å². The molecule has 5 nitrogen and oxygen atoms in total. The Kier molecular flexibility index (Phi) is 6.98. The number of ether oxygens (including phenoxy) is 2. The molecular formula is C23H23ClN2O3. The fourth-order valence-electron chi connectivity index (χ4n) is 2.80. The van der Waals surface area contributed by atoms with E-state index in [1.165, 1.54) is 0 Å². The van der Waals surface area contributed by atoms with Gasteiger partial charge in [-0.15, -0.1) is 0 Å². The monoisotopic (exact) mass is 410 g/mol. The summed E-state index contributed by atoms with van der Waals surface area (Å²) in [6.07, 6.45) is 7.55. The Balaban J connectivity index is 1.78. The molecular weight excluding hydrogens is 388 g/mol. The molecule has 0 radical (unpaired) electrons. The van der Waals surface area contributed by atoms with Gasteiger partial charge in [0.05, 0.1) is 31.5 Å². The second kappa shape index (κ2) is 9.85. The largest absolute Gasteiger partial charge is 0.497 e. The van der Waals surface area contributed by atoms with Crippen molar-refractivity contribution < 1.29 is 14.3 Å². The van der Waals surface area contributed by atoms with Crippen LogP contribution in [0.3, 0.4) is 0 Å². The number of hydrazine groups is 1. The molecule has 1 N–H and O–H groups in total. The predicted molar refractivity (Wildman–Crippen MR) is 116 cm³/mol. The summed E-state index contributed by atoms with van der Waals surface area (Å²) in [6.45, 7) is 2.67. The summed E-state index contributed by atoms with van der Waals surface area (Å²) in [6, 6.07) is 15.2. The Morgan fingerprint density at radius 3 is 2.52 bits per heavy atom. The highest BCUT2D eigenvalue weighted by atomic mass is 35.5. The number of carbonyl (C=O) groups excluding carboxylic acids is 1. The highest BCUT2D eigenvalue weighted by Crippen LogP contribution is 2.22. The van der Waals surface area contributed by atoms with Crippen LogP contribution >= 0.6 is 11.6 Å². The van der Waals surface area contributed by atoms with E-state index >= 15 is 0 Å². The lowest BCUT2D eigenvalue weighted by molar-refractivity contribution is -0.138. The van der Waals surface area contributed by atoms with E-state index in [0.29, 0.717) is 23.7 Å². The van der Waals surface area contributed by atoms with Crippen molar-refractivity contribution >= 4 is 29.3 Å². The zero-order chi connectivity index (χ0) is 20.6. The molecule has 0 saturated carbocycles. The smallest absolute Gasteiger partial charge is 0.339 e. The van der Waals surface area contributed by atoms with E-state index in [4.69, 9.17) is 21.1 Å². The number of carbonyl (C=O) groups is 1. The summed E-state index contributed by atoms with van der Waals surface area (Å²) in [5.74, 6) is 0.417. The molecule has 2 aromatic carbocycles. The van der Waals surface area contributed by atoms with Crippen LogP contribution in [-0.4, -0.2) is 31.2 Å². The summed E-state index contributed by atoms with van der Waals surface area (Å²) in [5.41, 5.74) is 6.60. The van der Waals surface area contributed by atoms with Gasteiger partial charge in [0.2, 0.25) is 0 Å². The van der Waals surface area contributed by atoms with Gasteiger partial charge in [0.25, 0.3) is 0 Å². The standard InChI is InChI=1S/C23H23ClN2O3/c1-3-29-23(27)19-15-22(18-8-12-21(28-2)13-9-18)25-26(16-19)14-4-5-17-6-10-20(24)11-7-17/h4-13,15-16,25H,3,14H2,1-2H3. The highest BCUT2D eigenvalue weighted by molar-refractivity contribution is 6.30. The normalized spacial score (nSPS) is 13.6. The summed E-state index contributed by atoms with van der Waals surface area (Å²) in [4.78, 5) is 12.3. The lowest BCUT2D eigenvalue weighted by atomic mass is 10.1. The van der Waals surface area contributed by atoms with E-state index < -0.39 is 0 Å². The van der Waals surface area contributed by atoms with E-state index in [-0.39, 0.29) is 5.97 Å². The van der Waals surface area contributed by atoms with Gasteiger partial charge in [-0.1, -0.05) is 35.9 Å². The van der Waals surface area contributed by atoms with Gasteiger partial charge in [-0.25, -0.2) is 4.79 Å². The van der Waals surface area contributed by atoms with Gasteiger partial charge >= 0.3 is 5.97 Å². The van der Waals surface area contributed by atoms with Crippen molar-refractivity contribution in [2.75, 3.05) is 20.3 Å². The van der Waals surface area contributed by atoms with Crippen LogP contribution in [0.15, 0.2) is 72.5 Å². The third-order valence-electron chi connectivity index (χ3n) is 4.25. The van der Waals surface area contributed by atoms with Crippen LogP contribution < -0.4 is 10.2 Å². The SMILES string of the molecule is CCOC(=O)C1=CN(CC=Cc2ccc(Cl)cc2)NC(c2ccc(OC)cc2)=C1. The summed E-state index contributed by atoms with van der Waals surface area (Å²) >= 11 is 5.92. The highest BCUT2D eigenvalue weighted by Gasteiger charge is 2.18. The van der Waals surface area contributed by atoms with Crippen LogP contribution in [0.25, 0.3) is 11.8 Å². The maximum absolute atomic E-state index is 12.3. The van der Waals surface area contributed by atoms with Crippen molar-refractivity contribution in [2.24, 2.45) is 0 Å². The molecule has 29 heavy (non-hydrogen) atoms. The molecule has 0 amide bonds. The van der Waals surface area contributed by atoms with Crippen molar-refractivity contribution in [2.45, 2.75) is 6.92 Å². The minimum absolute atomic E-state index is 0.325. The molecule has 2 aromatic rings. The number of rotatable bonds is 7. The number of methoxy groups -OCH3 is 1. The predicted octanol–water partition coefficient (Wildman–Crippen LogP) is 4.67. The fourth-order valence-corrected chi connectivity index (χ4v) is 2.93. The van der Waals surface area contributed by atoms with Crippen molar-refractivity contribution in [3.8, 4) is 5.75 Å². The van der Waals surface area contributed by atoms with Crippen molar-refractivity contribution in [3.05, 3.63) is 88.6 Å². The van der Waals surface area contributed by atoms with Gasteiger partial charge in [-0.3, -0.25) is 10.4 Å². The van der Waals surface area contributed by atoms with Gasteiger partial charge in [0, 0.05) is 11.2 Å². The van der Waals surface area contributed by atoms with E-state index in [9.17, 15) is 4.79 Å². The lowest BCUT2D eigenvalue weighted by Crippen LogP contribution is -2.36. The number of hydrogen-bond acceptors (Lipinski definition) is 5. The molecule has 0 fully saturated rings. The minimum atomic E-state index is -0.355. The Labute approximate surface area is 175 Å². The van der Waals surface area contributed by atoms with Gasteiger partial charge in [0.1, 0.15) is 5.75 Å². The Morgan fingerprint density at radius 1 is 1.14 bits per heavy atom. The van der Waals surface area contributed by atoms with Gasteiger partial charge in [-0.2, -0.15) is 0 Å². The zero-order valence-electron chi connectivity index (χ0n) is 16.4. The van der Waals surface area contributed by atoms with Crippen LogP contribution in [0.2, 0.25) is 5.02 Å². The van der Waals surface area contributed by atoms with Crippen LogP contribution in [-0.2, 0) is 9.53 Å².